The zero-order chi connectivity index (χ0) is 24.4. The Balaban J connectivity index is 1.89. The summed E-state index contributed by atoms with van der Waals surface area (Å²) in [5.41, 5.74) is 2.07. The van der Waals surface area contributed by atoms with Crippen molar-refractivity contribution in [3.63, 3.8) is 0 Å². The highest BCUT2D eigenvalue weighted by Gasteiger charge is 2.33. The number of hydrogen-bond acceptors (Lipinski definition) is 7. The van der Waals surface area contributed by atoms with Crippen LogP contribution in [0, 0.1) is 0 Å². The standard InChI is InChI=1S/C25H21BrN2O5S/c1-4-32-24(31)21-14(2)27-25-28(22(21)17-7-11-19(12-8-17)33-15(3)29)23(30)20(34-25)13-16-5-9-18(26)10-6-16/h5-13,22H,4H2,1-3H3/b20-13-/t22-/m0/s1. The molecule has 1 aromatic heterocycles. The molecular weight excluding hydrogens is 520 g/mol. The Morgan fingerprint density at radius 1 is 1.15 bits per heavy atom. The number of aromatic nitrogens is 1. The van der Waals surface area contributed by atoms with E-state index >= 15 is 0 Å². The van der Waals surface area contributed by atoms with Gasteiger partial charge in [0.05, 0.1) is 28.5 Å². The average molecular weight is 541 g/mol. The maximum Gasteiger partial charge on any atom is 0.338 e. The molecule has 0 fully saturated rings. The zero-order valence-corrected chi connectivity index (χ0v) is 21.1. The fourth-order valence-corrected chi connectivity index (χ4v) is 5.01. The van der Waals surface area contributed by atoms with Gasteiger partial charge in [0.15, 0.2) is 4.80 Å². The van der Waals surface area contributed by atoms with Gasteiger partial charge in [0.2, 0.25) is 0 Å². The predicted molar refractivity (Wildman–Crippen MR) is 132 cm³/mol. The number of carbonyl (C=O) groups excluding carboxylic acids is 2. The molecule has 2 heterocycles. The maximum absolute atomic E-state index is 13.5. The molecule has 34 heavy (non-hydrogen) atoms. The van der Waals surface area contributed by atoms with Gasteiger partial charge in [-0.15, -0.1) is 0 Å². The topological polar surface area (TPSA) is 87.0 Å². The third kappa shape index (κ3) is 4.80. The fraction of sp³-hybridized carbons (Fsp3) is 0.200. The van der Waals surface area contributed by atoms with Crippen LogP contribution in [0.4, 0.5) is 0 Å². The van der Waals surface area contributed by atoms with E-state index in [1.54, 1.807) is 44.2 Å². The number of allylic oxidation sites excluding steroid dienone is 1. The van der Waals surface area contributed by atoms with Crippen molar-refractivity contribution in [2.75, 3.05) is 6.61 Å². The zero-order valence-electron chi connectivity index (χ0n) is 18.7. The number of ether oxygens (including phenoxy) is 2. The summed E-state index contributed by atoms with van der Waals surface area (Å²) in [7, 11) is 0. The summed E-state index contributed by atoms with van der Waals surface area (Å²) in [6, 6.07) is 13.6. The molecule has 0 N–H and O–H groups in total. The van der Waals surface area contributed by atoms with Crippen LogP contribution in [-0.4, -0.2) is 23.1 Å². The van der Waals surface area contributed by atoms with Gasteiger partial charge >= 0.3 is 11.9 Å². The van der Waals surface area contributed by atoms with Crippen LogP contribution >= 0.6 is 27.3 Å². The predicted octanol–water partition coefficient (Wildman–Crippen LogP) is 3.49. The third-order valence-corrected chi connectivity index (χ3v) is 6.65. The van der Waals surface area contributed by atoms with E-state index in [1.807, 2.05) is 24.3 Å². The number of benzene rings is 2. The van der Waals surface area contributed by atoms with E-state index in [0.717, 1.165) is 10.0 Å². The average Bonchev–Trinajstić information content (AvgIpc) is 3.09. The van der Waals surface area contributed by atoms with Crippen LogP contribution in [0.25, 0.3) is 6.08 Å². The van der Waals surface area contributed by atoms with Crippen molar-refractivity contribution in [2.45, 2.75) is 26.8 Å². The molecule has 1 atom stereocenters. The second-order valence-electron chi connectivity index (χ2n) is 7.52. The molecule has 7 nitrogen and oxygen atoms in total. The first kappa shape index (κ1) is 23.8. The highest BCUT2D eigenvalue weighted by atomic mass is 79.9. The summed E-state index contributed by atoms with van der Waals surface area (Å²) in [4.78, 5) is 42.8. The number of halogens is 1. The molecule has 0 bridgehead atoms. The van der Waals surface area contributed by atoms with E-state index in [9.17, 15) is 14.4 Å². The number of rotatable bonds is 5. The summed E-state index contributed by atoms with van der Waals surface area (Å²) >= 11 is 4.68. The summed E-state index contributed by atoms with van der Waals surface area (Å²) < 4.78 is 13.4. The molecule has 9 heteroatoms. The molecule has 1 aliphatic rings. The maximum atomic E-state index is 13.5. The van der Waals surface area contributed by atoms with Gasteiger partial charge in [-0.2, -0.15) is 0 Å². The fourth-order valence-electron chi connectivity index (χ4n) is 3.70. The number of hydrogen-bond donors (Lipinski definition) is 0. The van der Waals surface area contributed by atoms with E-state index in [1.165, 1.54) is 22.8 Å². The first-order valence-electron chi connectivity index (χ1n) is 10.5. The highest BCUT2D eigenvalue weighted by molar-refractivity contribution is 9.10. The van der Waals surface area contributed by atoms with Crippen molar-refractivity contribution < 1.29 is 19.1 Å². The molecule has 0 saturated carbocycles. The van der Waals surface area contributed by atoms with Gasteiger partial charge in [0.25, 0.3) is 5.56 Å². The molecule has 0 radical (unpaired) electrons. The van der Waals surface area contributed by atoms with E-state index in [0.29, 0.717) is 31.9 Å². The Morgan fingerprint density at radius 2 is 1.82 bits per heavy atom. The van der Waals surface area contributed by atoms with E-state index in [4.69, 9.17) is 9.47 Å². The molecule has 1 aliphatic heterocycles. The minimum absolute atomic E-state index is 0.196. The van der Waals surface area contributed by atoms with Crippen LogP contribution in [0.15, 0.2) is 74.1 Å². The van der Waals surface area contributed by atoms with E-state index in [2.05, 4.69) is 20.9 Å². The van der Waals surface area contributed by atoms with Gasteiger partial charge in [0.1, 0.15) is 5.75 Å². The first-order chi connectivity index (χ1) is 16.3. The molecule has 0 aliphatic carbocycles. The molecule has 0 amide bonds. The highest BCUT2D eigenvalue weighted by Crippen LogP contribution is 2.31. The Bertz CT molecular complexity index is 1470. The van der Waals surface area contributed by atoms with Crippen LogP contribution in [0.2, 0.25) is 0 Å². The second-order valence-corrected chi connectivity index (χ2v) is 9.44. The molecule has 0 saturated heterocycles. The number of nitrogens with zero attached hydrogens (tertiary/aromatic N) is 2. The van der Waals surface area contributed by atoms with Crippen LogP contribution < -0.4 is 19.6 Å². The Hall–Kier alpha value is -3.30. The summed E-state index contributed by atoms with van der Waals surface area (Å²) in [6.45, 7) is 4.98. The van der Waals surface area contributed by atoms with Crippen molar-refractivity contribution in [2.24, 2.45) is 4.99 Å². The number of thiazole rings is 1. The van der Waals surface area contributed by atoms with Gasteiger partial charge < -0.3 is 9.47 Å². The molecule has 0 spiro atoms. The minimum atomic E-state index is -0.728. The Morgan fingerprint density at radius 3 is 2.44 bits per heavy atom. The van der Waals surface area contributed by atoms with Gasteiger partial charge in [-0.25, -0.2) is 9.79 Å². The van der Waals surface area contributed by atoms with Crippen molar-refractivity contribution in [3.8, 4) is 5.75 Å². The molecule has 3 aromatic rings. The molecule has 0 unspecified atom stereocenters. The lowest BCUT2D eigenvalue weighted by Gasteiger charge is -2.24. The lowest BCUT2D eigenvalue weighted by Crippen LogP contribution is -2.39. The smallest absolute Gasteiger partial charge is 0.338 e. The second kappa shape index (κ2) is 9.90. The summed E-state index contributed by atoms with van der Waals surface area (Å²) in [5, 5.41) is 0. The normalized spacial score (nSPS) is 15.5. The van der Waals surface area contributed by atoms with Gasteiger partial charge in [0, 0.05) is 11.4 Å². The first-order valence-corrected chi connectivity index (χ1v) is 12.1. The summed E-state index contributed by atoms with van der Waals surface area (Å²) in [5.74, 6) is -0.589. The molecule has 174 valence electrons. The van der Waals surface area contributed by atoms with Crippen LogP contribution in [0.3, 0.4) is 0 Å². The largest absolute Gasteiger partial charge is 0.463 e. The van der Waals surface area contributed by atoms with Crippen LogP contribution in [0.1, 0.15) is 37.9 Å². The molecule has 4 rings (SSSR count). The number of esters is 2. The van der Waals surface area contributed by atoms with Crippen LogP contribution in [0.5, 0.6) is 5.75 Å². The Kier molecular flexibility index (Phi) is 6.95. The SMILES string of the molecule is CCOC(=O)C1=C(C)N=c2s/c(=C\c3ccc(Br)cc3)c(=O)n2[C@H]1c1ccc(OC(C)=O)cc1. The molecular formula is C25H21BrN2O5S. The molecule has 2 aromatic carbocycles. The van der Waals surface area contributed by atoms with Crippen molar-refractivity contribution in [1.82, 2.24) is 4.57 Å². The van der Waals surface area contributed by atoms with Crippen molar-refractivity contribution in [1.29, 1.82) is 0 Å². The van der Waals surface area contributed by atoms with Gasteiger partial charge in [-0.1, -0.05) is 51.5 Å². The van der Waals surface area contributed by atoms with Crippen LogP contribution in [-0.2, 0) is 14.3 Å². The Labute approximate surface area is 207 Å². The quantitative estimate of drug-likeness (QED) is 0.365. The van der Waals surface area contributed by atoms with Crippen molar-refractivity contribution in [3.05, 3.63) is 95.1 Å². The van der Waals surface area contributed by atoms with Gasteiger partial charge in [-0.05, 0) is 55.3 Å². The number of fused-ring (bicyclic) bond motifs is 1. The van der Waals surface area contributed by atoms with E-state index < -0.39 is 18.0 Å². The lowest BCUT2D eigenvalue weighted by molar-refractivity contribution is -0.139. The van der Waals surface area contributed by atoms with E-state index in [-0.39, 0.29) is 12.2 Å². The minimum Gasteiger partial charge on any atom is -0.463 e. The third-order valence-electron chi connectivity index (χ3n) is 5.14. The summed E-state index contributed by atoms with van der Waals surface area (Å²) in [6.07, 6.45) is 1.81. The lowest BCUT2D eigenvalue weighted by atomic mass is 9.96. The van der Waals surface area contributed by atoms with Crippen molar-refractivity contribution >= 4 is 45.3 Å². The monoisotopic (exact) mass is 540 g/mol. The van der Waals surface area contributed by atoms with Gasteiger partial charge in [-0.3, -0.25) is 14.2 Å². The number of carbonyl (C=O) groups is 2.